The number of carbonyl (C=O) groups excluding carboxylic acids is 3. The lowest BCUT2D eigenvalue weighted by atomic mass is 9.46. The van der Waals surface area contributed by atoms with E-state index < -0.39 is 0 Å². The van der Waals surface area contributed by atoms with Gasteiger partial charge in [0.1, 0.15) is 6.04 Å². The molecule has 0 radical (unpaired) electrons. The van der Waals surface area contributed by atoms with Gasteiger partial charge < -0.3 is 15.0 Å². The highest BCUT2D eigenvalue weighted by Crippen LogP contribution is 2.66. The Labute approximate surface area is 265 Å². The second-order valence-corrected chi connectivity index (χ2v) is 15.8. The van der Waals surface area contributed by atoms with Crippen molar-refractivity contribution >= 4 is 23.6 Å². The molecule has 8 atom stereocenters. The van der Waals surface area contributed by atoms with E-state index in [0.29, 0.717) is 54.9 Å². The Morgan fingerprint density at radius 1 is 1.02 bits per heavy atom. The first-order valence-corrected chi connectivity index (χ1v) is 17.5. The van der Waals surface area contributed by atoms with Crippen molar-refractivity contribution < 1.29 is 24.0 Å². The Bertz CT molecular complexity index is 1160. The fourth-order valence-corrected chi connectivity index (χ4v) is 10.0. The third-order valence-corrected chi connectivity index (χ3v) is 12.2. The molecule has 1 aliphatic heterocycles. The van der Waals surface area contributed by atoms with Gasteiger partial charge in [-0.15, -0.1) is 0 Å². The van der Waals surface area contributed by atoms with Gasteiger partial charge in [-0.05, 0) is 126 Å². The molecule has 8 heteroatoms. The Hall–Kier alpha value is -2.22. The maximum Gasteiger partial charge on any atom is 0.435 e. The fraction of sp³-hybridized carbons (Fsp3) is 0.833. The molecule has 4 aliphatic carbocycles. The minimum atomic E-state index is -0.387. The SMILES string of the molecule is C/C(=N\OC(=O)N(CCC1CCC(C(=O)OC(C)C)N1)CC(C)C)[C@H]1CC[C@H]2[C@@H]3CCC4=CC(=O)CC[C@]4(C)[C@H]3CC[C@]12C. The lowest BCUT2D eigenvalue weighted by Gasteiger charge is -2.58. The molecule has 5 rings (SSSR count). The molecule has 8 nitrogen and oxygen atoms in total. The van der Waals surface area contributed by atoms with Gasteiger partial charge in [-0.25, -0.2) is 4.79 Å². The number of hydrogen-bond donors (Lipinski definition) is 1. The quantitative estimate of drug-likeness (QED) is 0.130. The average Bonchev–Trinajstić information content (AvgIpc) is 3.58. The molecule has 246 valence electrons. The molecule has 2 unspecified atom stereocenters. The summed E-state index contributed by atoms with van der Waals surface area (Å²) in [6, 6.07) is -0.103. The predicted octanol–water partition coefficient (Wildman–Crippen LogP) is 7.07. The van der Waals surface area contributed by atoms with Crippen molar-refractivity contribution in [2.45, 2.75) is 137 Å². The number of oxime groups is 1. The molecule has 0 spiro atoms. The lowest BCUT2D eigenvalue weighted by molar-refractivity contribution is -0.149. The van der Waals surface area contributed by atoms with Crippen molar-refractivity contribution in [1.29, 1.82) is 0 Å². The number of esters is 1. The predicted molar refractivity (Wildman–Crippen MR) is 172 cm³/mol. The molecule has 4 fully saturated rings. The van der Waals surface area contributed by atoms with Crippen LogP contribution in [0.25, 0.3) is 0 Å². The van der Waals surface area contributed by atoms with E-state index in [1.165, 1.54) is 31.3 Å². The van der Waals surface area contributed by atoms with Crippen molar-refractivity contribution in [1.82, 2.24) is 10.2 Å². The van der Waals surface area contributed by atoms with Gasteiger partial charge in [-0.1, -0.05) is 38.4 Å². The summed E-state index contributed by atoms with van der Waals surface area (Å²) in [5, 5.41) is 7.91. The highest BCUT2D eigenvalue weighted by molar-refractivity contribution is 5.91. The van der Waals surface area contributed by atoms with Gasteiger partial charge in [0, 0.05) is 31.5 Å². The smallest absolute Gasteiger partial charge is 0.435 e. The second-order valence-electron chi connectivity index (χ2n) is 15.8. The standard InChI is InChI=1S/C36H57N3O5/c1-22(2)21-39(19-16-26-9-13-32(37-26)33(41)43-23(3)4)34(42)44-38-24(5)29-11-12-30-28-10-8-25-20-27(40)14-17-35(25,6)31(28)15-18-36(29,30)7/h20,22-23,26,28-32,37H,8-19,21H2,1-7H3/b38-24+/t26?,28-,29+,30-,31-,32?,35-,36+/m0/s1. The Morgan fingerprint density at radius 3 is 2.52 bits per heavy atom. The van der Waals surface area contributed by atoms with Gasteiger partial charge in [0.05, 0.1) is 11.8 Å². The first-order valence-electron chi connectivity index (χ1n) is 17.5. The summed E-state index contributed by atoms with van der Waals surface area (Å²) < 4.78 is 5.38. The van der Waals surface area contributed by atoms with Crippen LogP contribution in [0.3, 0.4) is 0 Å². The molecular weight excluding hydrogens is 554 g/mol. The van der Waals surface area contributed by atoms with Crippen LogP contribution in [0.5, 0.6) is 0 Å². The summed E-state index contributed by atoms with van der Waals surface area (Å²) >= 11 is 0. The van der Waals surface area contributed by atoms with Crippen LogP contribution in [0.2, 0.25) is 0 Å². The van der Waals surface area contributed by atoms with E-state index in [4.69, 9.17) is 9.57 Å². The van der Waals surface area contributed by atoms with E-state index in [-0.39, 0.29) is 41.1 Å². The number of nitrogens with zero attached hydrogens (tertiary/aromatic N) is 2. The number of carbonyl (C=O) groups is 3. The van der Waals surface area contributed by atoms with E-state index in [9.17, 15) is 14.4 Å². The summed E-state index contributed by atoms with van der Waals surface area (Å²) in [5.74, 6) is 2.77. The number of rotatable bonds is 9. The molecule has 1 amide bonds. The maximum absolute atomic E-state index is 13.3. The van der Waals surface area contributed by atoms with Crippen molar-refractivity contribution in [3.8, 4) is 0 Å². The van der Waals surface area contributed by atoms with Gasteiger partial charge in [0.15, 0.2) is 5.78 Å². The van der Waals surface area contributed by atoms with Crippen molar-refractivity contribution in [2.75, 3.05) is 13.1 Å². The number of amides is 1. The van der Waals surface area contributed by atoms with Crippen LogP contribution < -0.4 is 5.32 Å². The average molecular weight is 612 g/mol. The molecular formula is C36H57N3O5. The van der Waals surface area contributed by atoms with E-state index in [0.717, 1.165) is 44.2 Å². The first kappa shape index (κ1) is 33.2. The third kappa shape index (κ3) is 6.66. The van der Waals surface area contributed by atoms with Crippen LogP contribution in [0, 0.1) is 40.4 Å². The molecule has 3 saturated carbocycles. The van der Waals surface area contributed by atoms with E-state index >= 15 is 0 Å². The Balaban J connectivity index is 1.18. The fourth-order valence-electron chi connectivity index (χ4n) is 10.0. The molecule has 1 saturated heterocycles. The van der Waals surface area contributed by atoms with Gasteiger partial charge in [-0.2, -0.15) is 0 Å². The number of allylic oxidation sites excluding steroid dienone is 1. The first-order chi connectivity index (χ1) is 20.8. The molecule has 0 bridgehead atoms. The molecule has 0 aromatic heterocycles. The van der Waals surface area contributed by atoms with Crippen LogP contribution in [0.1, 0.15) is 119 Å². The van der Waals surface area contributed by atoms with Crippen LogP contribution in [0.15, 0.2) is 16.8 Å². The van der Waals surface area contributed by atoms with Gasteiger partial charge >= 0.3 is 12.1 Å². The highest BCUT2D eigenvalue weighted by atomic mass is 16.7. The zero-order valence-electron chi connectivity index (χ0n) is 28.3. The number of ketones is 1. The minimum Gasteiger partial charge on any atom is -0.462 e. The molecule has 1 N–H and O–H groups in total. The molecule has 5 aliphatic rings. The van der Waals surface area contributed by atoms with Gasteiger partial charge in [-0.3, -0.25) is 14.4 Å². The minimum absolute atomic E-state index is 0.123. The van der Waals surface area contributed by atoms with Crippen LogP contribution in [-0.4, -0.2) is 59.7 Å². The largest absolute Gasteiger partial charge is 0.462 e. The van der Waals surface area contributed by atoms with E-state index in [2.05, 4.69) is 45.1 Å². The summed E-state index contributed by atoms with van der Waals surface area (Å²) in [4.78, 5) is 45.3. The summed E-state index contributed by atoms with van der Waals surface area (Å²) in [5.41, 5.74) is 2.71. The summed E-state index contributed by atoms with van der Waals surface area (Å²) in [6.07, 6.45) is 12.5. The normalized spacial score (nSPS) is 36.9. The van der Waals surface area contributed by atoms with Gasteiger partial charge in [0.25, 0.3) is 0 Å². The second kappa shape index (κ2) is 13.3. The maximum atomic E-state index is 13.3. The van der Waals surface area contributed by atoms with Gasteiger partial charge in [0.2, 0.25) is 0 Å². The Morgan fingerprint density at radius 2 is 1.80 bits per heavy atom. The summed E-state index contributed by atoms with van der Waals surface area (Å²) in [7, 11) is 0. The molecule has 44 heavy (non-hydrogen) atoms. The zero-order valence-corrected chi connectivity index (χ0v) is 28.3. The lowest BCUT2D eigenvalue weighted by Crippen LogP contribution is -2.51. The zero-order chi connectivity index (χ0) is 31.8. The number of ether oxygens (including phenoxy) is 1. The van der Waals surface area contributed by atoms with Crippen molar-refractivity contribution in [2.24, 2.45) is 45.6 Å². The number of fused-ring (bicyclic) bond motifs is 5. The molecule has 0 aromatic rings. The van der Waals surface area contributed by atoms with E-state index in [1.54, 1.807) is 4.90 Å². The topological polar surface area (TPSA) is 97.3 Å². The summed E-state index contributed by atoms with van der Waals surface area (Å²) in [6.45, 7) is 16.1. The molecule has 0 aromatic carbocycles. The van der Waals surface area contributed by atoms with Crippen molar-refractivity contribution in [3.05, 3.63) is 11.6 Å². The van der Waals surface area contributed by atoms with Crippen LogP contribution in [0.4, 0.5) is 4.79 Å². The molecule has 1 heterocycles. The van der Waals surface area contributed by atoms with E-state index in [1.807, 2.05) is 19.9 Å². The van der Waals surface area contributed by atoms with Crippen molar-refractivity contribution in [3.63, 3.8) is 0 Å². The van der Waals surface area contributed by atoms with Crippen LogP contribution >= 0.6 is 0 Å². The van der Waals surface area contributed by atoms with Crippen LogP contribution in [-0.2, 0) is 19.2 Å². The number of hydrogen-bond acceptors (Lipinski definition) is 7. The number of nitrogens with one attached hydrogen (secondary N) is 1. The highest BCUT2D eigenvalue weighted by Gasteiger charge is 2.59. The Kier molecular flexibility index (Phi) is 9.99. The third-order valence-electron chi connectivity index (χ3n) is 12.2. The monoisotopic (exact) mass is 611 g/mol.